The van der Waals surface area contributed by atoms with Gasteiger partial charge in [-0.1, -0.05) is 50.5 Å². The fourth-order valence-corrected chi connectivity index (χ4v) is 6.67. The summed E-state index contributed by atoms with van der Waals surface area (Å²) in [7, 11) is 1.97. The van der Waals surface area contributed by atoms with Gasteiger partial charge in [-0.15, -0.1) is 31.8 Å². The van der Waals surface area contributed by atoms with Crippen LogP contribution in [-0.4, -0.2) is 40.1 Å². The van der Waals surface area contributed by atoms with E-state index < -0.39 is 0 Å². The maximum absolute atomic E-state index is 4.49. The Bertz CT molecular complexity index is 2030. The van der Waals surface area contributed by atoms with Crippen molar-refractivity contribution in [2.75, 3.05) is 49.5 Å². The van der Waals surface area contributed by atoms with E-state index in [0.717, 1.165) is 66.3 Å². The number of fused-ring (bicyclic) bond motifs is 3. The first kappa shape index (κ1) is 36.8. The first-order chi connectivity index (χ1) is 26.0. The van der Waals surface area contributed by atoms with Gasteiger partial charge in [0.15, 0.2) is 0 Å². The average molecular weight is 889 g/mol. The number of unbranched alkanes of at least 4 members (excludes halogenated alkanes) is 1. The molecular weight excluding hydrogens is 849 g/mol. The first-order valence-corrected chi connectivity index (χ1v) is 17.9. The fourth-order valence-electron chi connectivity index (χ4n) is 6.67. The molecule has 3 aromatic heterocycles. The molecule has 0 unspecified atom stereocenters. The molecule has 0 aliphatic carbocycles. The van der Waals surface area contributed by atoms with E-state index in [4.69, 9.17) is 0 Å². The molecule has 0 bridgehead atoms. The quantitative estimate of drug-likeness (QED) is 0.104. The van der Waals surface area contributed by atoms with Crippen LogP contribution in [0.4, 0.5) is 51.7 Å². The van der Waals surface area contributed by atoms with E-state index in [1.165, 1.54) is 16.9 Å². The third-order valence-electron chi connectivity index (χ3n) is 9.35. The number of pyridine rings is 2. The Morgan fingerprint density at radius 2 is 1.11 bits per heavy atom. The maximum atomic E-state index is 4.49. The average Bonchev–Trinajstić information content (AvgIpc) is 3.89. The van der Waals surface area contributed by atoms with Crippen LogP contribution in [0, 0.1) is 38.2 Å². The minimum absolute atomic E-state index is 0. The number of aromatic nitrogens is 4. The Morgan fingerprint density at radius 1 is 0.574 bits per heavy atom. The summed E-state index contributed by atoms with van der Waals surface area (Å²) in [6.45, 7) is 12.5. The molecule has 0 N–H and O–H groups in total. The van der Waals surface area contributed by atoms with Crippen LogP contribution in [0.1, 0.15) is 38.2 Å². The molecule has 0 fully saturated rings. The Kier molecular flexibility index (Phi) is 11.4. The molecule has 0 spiro atoms. The molecule has 54 heavy (non-hydrogen) atoms. The van der Waals surface area contributed by atoms with Crippen molar-refractivity contribution in [3.63, 3.8) is 0 Å². The molecule has 0 amide bonds. The first-order valence-electron chi connectivity index (χ1n) is 17.9. The predicted molar refractivity (Wildman–Crippen MR) is 212 cm³/mol. The molecule has 1 radical (unpaired) electrons. The van der Waals surface area contributed by atoms with Crippen LogP contribution in [0.2, 0.25) is 0 Å². The van der Waals surface area contributed by atoms with E-state index in [2.05, 4.69) is 146 Å². The van der Waals surface area contributed by atoms with Crippen molar-refractivity contribution in [1.29, 1.82) is 0 Å². The van der Waals surface area contributed by atoms with Gasteiger partial charge in [-0.25, -0.2) is 34.2 Å². The van der Waals surface area contributed by atoms with Crippen LogP contribution >= 0.6 is 0 Å². The molecule has 0 saturated carbocycles. The zero-order chi connectivity index (χ0) is 36.1. The molecular formula is C43H40IrN10-6. The topological polar surface area (TPSA) is 71.0 Å². The van der Waals surface area contributed by atoms with E-state index in [-0.39, 0.29) is 20.1 Å². The van der Waals surface area contributed by atoms with Crippen LogP contribution in [0.3, 0.4) is 0 Å². The molecule has 6 heterocycles. The van der Waals surface area contributed by atoms with Gasteiger partial charge >= 0.3 is 0 Å². The zero-order valence-corrected chi connectivity index (χ0v) is 32.8. The molecule has 6 aromatic rings. The molecule has 0 atom stereocenters. The van der Waals surface area contributed by atoms with E-state index >= 15 is 0 Å². The monoisotopic (exact) mass is 889 g/mol. The van der Waals surface area contributed by atoms with Crippen molar-refractivity contribution in [3.8, 4) is 0 Å². The Labute approximate surface area is 332 Å². The summed E-state index contributed by atoms with van der Waals surface area (Å²) in [4.78, 5) is 30.6. The number of hydrogen-bond acceptors (Lipinski definition) is 10. The van der Waals surface area contributed by atoms with Gasteiger partial charge in [-0.05, 0) is 63.2 Å². The normalized spacial score (nSPS) is 14.1. The van der Waals surface area contributed by atoms with E-state index in [9.17, 15) is 0 Å². The maximum Gasteiger partial charge on any atom is 0.143 e. The van der Waals surface area contributed by atoms with Crippen molar-refractivity contribution in [1.82, 2.24) is 19.9 Å². The molecule has 3 aliphatic rings. The molecule has 11 heteroatoms. The van der Waals surface area contributed by atoms with Gasteiger partial charge in [0.2, 0.25) is 0 Å². The number of hydrogen-bond donors (Lipinski definition) is 0. The summed E-state index contributed by atoms with van der Waals surface area (Å²) in [5.74, 6) is 3.84. The Hall–Kier alpha value is -5.51. The van der Waals surface area contributed by atoms with Crippen LogP contribution in [0.15, 0.2) is 116 Å². The van der Waals surface area contributed by atoms with Crippen LogP contribution in [0.25, 0.3) is 0 Å². The van der Waals surface area contributed by atoms with Crippen molar-refractivity contribution >= 4 is 51.7 Å². The number of benzene rings is 3. The second kappa shape index (κ2) is 16.7. The minimum atomic E-state index is 0. The fraction of sp³-hybridized carbons (Fsp3) is 0.186. The summed E-state index contributed by atoms with van der Waals surface area (Å²) in [5, 5.41) is 0. The number of anilines is 9. The van der Waals surface area contributed by atoms with Gasteiger partial charge in [0.05, 0.1) is 0 Å². The van der Waals surface area contributed by atoms with Crippen LogP contribution in [-0.2, 0) is 20.1 Å². The van der Waals surface area contributed by atoms with E-state index in [1.54, 1.807) is 24.8 Å². The molecule has 277 valence electrons. The zero-order valence-electron chi connectivity index (χ0n) is 30.4. The summed E-state index contributed by atoms with van der Waals surface area (Å²) in [6, 6.07) is 40.5. The Balaban J connectivity index is 0.000000191. The van der Waals surface area contributed by atoms with Crippen LogP contribution < -0.4 is 29.4 Å². The van der Waals surface area contributed by atoms with Crippen molar-refractivity contribution in [2.45, 2.75) is 32.6 Å². The summed E-state index contributed by atoms with van der Waals surface area (Å²) in [5.41, 5.74) is 6.98. The smallest absolute Gasteiger partial charge is 0.143 e. The molecule has 10 nitrogen and oxygen atoms in total. The van der Waals surface area contributed by atoms with Gasteiger partial charge in [-0.3, -0.25) is 9.97 Å². The predicted octanol–water partition coefficient (Wildman–Crippen LogP) is 8.82. The second-order valence-corrected chi connectivity index (χ2v) is 13.2. The molecule has 3 aromatic carbocycles. The molecule has 9 rings (SSSR count). The van der Waals surface area contributed by atoms with Gasteiger partial charge in [-0.2, -0.15) is 35.9 Å². The minimum Gasteiger partial charge on any atom is -0.501 e. The van der Waals surface area contributed by atoms with Crippen LogP contribution in [0.5, 0.6) is 0 Å². The summed E-state index contributed by atoms with van der Waals surface area (Å²) >= 11 is 0. The molecule has 3 aliphatic heterocycles. The third kappa shape index (κ3) is 7.60. The van der Waals surface area contributed by atoms with Gasteiger partial charge in [0.1, 0.15) is 11.6 Å². The Morgan fingerprint density at radius 3 is 1.63 bits per heavy atom. The second-order valence-electron chi connectivity index (χ2n) is 13.2. The van der Waals surface area contributed by atoms with Gasteiger partial charge < -0.3 is 29.4 Å². The van der Waals surface area contributed by atoms with E-state index in [0.29, 0.717) is 5.92 Å². The van der Waals surface area contributed by atoms with Gasteiger partial charge in [0.25, 0.3) is 0 Å². The number of nitrogens with zero attached hydrogens (tertiary/aromatic N) is 10. The van der Waals surface area contributed by atoms with Crippen molar-refractivity contribution in [3.05, 3.63) is 160 Å². The van der Waals surface area contributed by atoms with Crippen molar-refractivity contribution < 1.29 is 20.1 Å². The standard InChI is InChI=1S/C28H24N6.C15H16N4.Ir/c1-3-13-25-23(11-1)31(21-33(25)27-15-5-7-17-29-27)19-9-10-20-32-22-34(28-16-6-8-18-30-28)26-14-4-2-12-24(26)32;1-11(2)12-5-4-6-13(9-12)19-10-18(3)14-15(19)17-8-7-16-14;/h1-8,11-14,17-18,21-22H,9-10,19-20H2;4-5,7-11H,1-3H3;/q-4;-2;. The van der Waals surface area contributed by atoms with E-state index in [1.807, 2.05) is 53.8 Å². The van der Waals surface area contributed by atoms with Gasteiger partial charge in [0, 0.05) is 66.9 Å². The summed E-state index contributed by atoms with van der Waals surface area (Å²) < 4.78 is 0. The SMILES string of the molecule is CC(C)c1cc[c-]c(N2[CH-]N(C)c3nccnc32)c1.[Ir].[c-]1cccnc1N1[CH-]N(CCCCN2[CH-]N(c3[c-]cccn3)c3ccccc32)c2ccccc21. The van der Waals surface area contributed by atoms with Crippen molar-refractivity contribution in [2.24, 2.45) is 0 Å². The molecule has 0 saturated heterocycles. The number of rotatable bonds is 9. The summed E-state index contributed by atoms with van der Waals surface area (Å²) in [6.07, 6.45) is 9.16. The third-order valence-corrected chi connectivity index (χ3v) is 9.35. The largest absolute Gasteiger partial charge is 0.501 e. The number of para-hydroxylation sites is 4.